The van der Waals surface area contributed by atoms with Crippen LogP contribution in [0.1, 0.15) is 30.5 Å². The summed E-state index contributed by atoms with van der Waals surface area (Å²) in [5.41, 5.74) is 1.44. The van der Waals surface area contributed by atoms with Crippen molar-refractivity contribution < 1.29 is 22.7 Å². The smallest absolute Gasteiger partial charge is 0.451 e. The maximum Gasteiger partial charge on any atom is 0.451 e. The van der Waals surface area contributed by atoms with Gasteiger partial charge >= 0.3 is 6.18 Å². The van der Waals surface area contributed by atoms with Crippen LogP contribution in [0.3, 0.4) is 0 Å². The van der Waals surface area contributed by atoms with Crippen molar-refractivity contribution in [1.29, 1.82) is 0 Å². The molecule has 0 bridgehead atoms. The first kappa shape index (κ1) is 18.2. The van der Waals surface area contributed by atoms with Gasteiger partial charge in [-0.3, -0.25) is 4.79 Å². The molecule has 0 radical (unpaired) electrons. The average Bonchev–Trinajstić information content (AvgIpc) is 2.63. The Hall–Kier alpha value is -1.16. The summed E-state index contributed by atoms with van der Waals surface area (Å²) in [7, 11) is 0. The van der Waals surface area contributed by atoms with E-state index >= 15 is 0 Å². The van der Waals surface area contributed by atoms with E-state index in [9.17, 15) is 18.0 Å². The lowest BCUT2D eigenvalue weighted by Gasteiger charge is -2.18. The minimum absolute atomic E-state index is 0.0793. The first-order valence-corrected chi connectivity index (χ1v) is 8.09. The number of pyridine rings is 1. The van der Waals surface area contributed by atoms with Crippen molar-refractivity contribution >= 4 is 28.4 Å². The molecule has 0 saturated carbocycles. The molecule has 0 aliphatic carbocycles. The summed E-state index contributed by atoms with van der Waals surface area (Å²) in [6, 6.07) is 0.600. The molecule has 0 aromatic carbocycles. The van der Waals surface area contributed by atoms with Crippen LogP contribution in [-0.4, -0.2) is 29.6 Å². The lowest BCUT2D eigenvalue weighted by molar-refractivity contribution is -0.173. The molecule has 2 heterocycles. The van der Waals surface area contributed by atoms with Crippen LogP contribution in [-0.2, 0) is 11.3 Å². The Kier molecular flexibility index (Phi) is 5.66. The van der Waals surface area contributed by atoms with Gasteiger partial charge < -0.3 is 10.1 Å². The van der Waals surface area contributed by atoms with Crippen molar-refractivity contribution in [2.24, 2.45) is 0 Å². The van der Waals surface area contributed by atoms with Gasteiger partial charge in [-0.1, -0.05) is 19.6 Å². The molecular formula is C15H16F3IN2O2. The van der Waals surface area contributed by atoms with E-state index in [1.807, 2.05) is 6.07 Å². The van der Waals surface area contributed by atoms with Crippen molar-refractivity contribution in [3.63, 3.8) is 0 Å². The summed E-state index contributed by atoms with van der Waals surface area (Å²) < 4.78 is 44.2. The molecule has 2 unspecified atom stereocenters. The fourth-order valence-electron chi connectivity index (χ4n) is 2.51. The third-order valence-corrected chi connectivity index (χ3v) is 4.40. The summed E-state index contributed by atoms with van der Waals surface area (Å²) in [6.07, 6.45) is -3.17. The molecule has 126 valence electrons. The van der Waals surface area contributed by atoms with E-state index in [0.717, 1.165) is 9.13 Å². The van der Waals surface area contributed by atoms with Crippen LogP contribution < -0.4 is 10.1 Å². The van der Waals surface area contributed by atoms with E-state index in [2.05, 4.69) is 39.5 Å². The number of halogens is 4. The SMILES string of the molecule is C=CCOc1nc2c(cc1I)C(C)CC(C(=O)C(F)(F)F)NC2. The first-order chi connectivity index (χ1) is 10.7. The van der Waals surface area contributed by atoms with E-state index in [0.29, 0.717) is 18.2 Å². The van der Waals surface area contributed by atoms with Crippen LogP contribution in [0.4, 0.5) is 13.2 Å². The number of nitrogens with zero attached hydrogens (tertiary/aromatic N) is 1. The van der Waals surface area contributed by atoms with E-state index in [1.165, 1.54) is 0 Å². The van der Waals surface area contributed by atoms with Crippen LogP contribution in [0.15, 0.2) is 18.7 Å². The number of ketones is 1. The quantitative estimate of drug-likeness (QED) is 0.577. The van der Waals surface area contributed by atoms with Crippen LogP contribution in [0.5, 0.6) is 5.88 Å². The lowest BCUT2D eigenvalue weighted by atomic mass is 9.93. The van der Waals surface area contributed by atoms with E-state index in [-0.39, 0.29) is 18.9 Å². The molecule has 2 rings (SSSR count). The van der Waals surface area contributed by atoms with Crippen LogP contribution >= 0.6 is 22.6 Å². The molecule has 0 saturated heterocycles. The minimum Gasteiger partial charge on any atom is -0.473 e. The largest absolute Gasteiger partial charge is 0.473 e. The van der Waals surface area contributed by atoms with Gasteiger partial charge in [-0.15, -0.1) is 0 Å². The van der Waals surface area contributed by atoms with Crippen LogP contribution in [0.25, 0.3) is 0 Å². The second kappa shape index (κ2) is 7.16. The molecule has 0 fully saturated rings. The maximum absolute atomic E-state index is 12.7. The van der Waals surface area contributed by atoms with Crippen molar-refractivity contribution in [3.8, 4) is 5.88 Å². The Morgan fingerprint density at radius 3 is 2.91 bits per heavy atom. The number of rotatable bonds is 4. The molecule has 1 aliphatic rings. The summed E-state index contributed by atoms with van der Waals surface area (Å²) in [6.45, 7) is 5.74. The zero-order chi connectivity index (χ0) is 17.2. The summed E-state index contributed by atoms with van der Waals surface area (Å²) in [4.78, 5) is 15.9. The molecule has 1 aromatic rings. The zero-order valence-corrected chi connectivity index (χ0v) is 14.6. The molecule has 8 heteroatoms. The van der Waals surface area contributed by atoms with Gasteiger partial charge in [0.25, 0.3) is 5.78 Å². The fourth-order valence-corrected chi connectivity index (χ4v) is 3.12. The molecular weight excluding hydrogens is 424 g/mol. The van der Waals surface area contributed by atoms with Gasteiger partial charge in [0.1, 0.15) is 6.61 Å². The topological polar surface area (TPSA) is 51.2 Å². The second-order valence-corrected chi connectivity index (χ2v) is 6.51. The molecule has 23 heavy (non-hydrogen) atoms. The lowest BCUT2D eigenvalue weighted by Crippen LogP contribution is -2.43. The molecule has 2 atom stereocenters. The number of hydrogen-bond donors (Lipinski definition) is 1. The van der Waals surface area contributed by atoms with Gasteiger partial charge in [0.15, 0.2) is 0 Å². The normalized spacial score (nSPS) is 21.3. The Morgan fingerprint density at radius 1 is 1.61 bits per heavy atom. The van der Waals surface area contributed by atoms with Gasteiger partial charge in [-0.2, -0.15) is 13.2 Å². The maximum atomic E-state index is 12.7. The van der Waals surface area contributed by atoms with Gasteiger partial charge in [-0.25, -0.2) is 4.98 Å². The molecule has 4 nitrogen and oxygen atoms in total. The number of fused-ring (bicyclic) bond motifs is 1. The molecule has 1 aliphatic heterocycles. The van der Waals surface area contributed by atoms with Gasteiger partial charge in [0.05, 0.1) is 15.3 Å². The third-order valence-electron chi connectivity index (χ3n) is 3.63. The molecule has 1 N–H and O–H groups in total. The highest BCUT2D eigenvalue weighted by atomic mass is 127. The fraction of sp³-hybridized carbons (Fsp3) is 0.467. The molecule has 0 spiro atoms. The van der Waals surface area contributed by atoms with E-state index in [4.69, 9.17) is 4.74 Å². The van der Waals surface area contributed by atoms with Gasteiger partial charge in [0, 0.05) is 6.54 Å². The number of ether oxygens (including phenoxy) is 1. The van der Waals surface area contributed by atoms with Gasteiger partial charge in [-0.05, 0) is 46.6 Å². The monoisotopic (exact) mass is 440 g/mol. The summed E-state index contributed by atoms with van der Waals surface area (Å²) in [5.74, 6) is -1.54. The van der Waals surface area contributed by atoms with E-state index in [1.54, 1.807) is 13.0 Å². The molecule has 1 aromatic heterocycles. The second-order valence-electron chi connectivity index (χ2n) is 5.34. The standard InChI is InChI=1S/C15H16F3IN2O2/c1-3-4-23-14-10(19)6-9-8(2)5-11(13(22)15(16,17)18)20-7-12(9)21-14/h3,6,8,11,20H,1,4-5,7H2,2H3. The number of carbonyl (C=O) groups excluding carboxylic acids is 1. The number of nitrogens with one attached hydrogen (secondary N) is 1. The number of alkyl halides is 3. The van der Waals surface area contributed by atoms with Crippen molar-refractivity contribution in [3.05, 3.63) is 33.5 Å². The Labute approximate surface area is 145 Å². The number of Topliss-reactive ketones (excluding diaryl/α,β-unsaturated/α-hetero) is 1. The van der Waals surface area contributed by atoms with Gasteiger partial charge in [0.2, 0.25) is 5.88 Å². The Bertz CT molecular complexity index is 619. The Balaban J connectivity index is 2.27. The van der Waals surface area contributed by atoms with Crippen molar-refractivity contribution in [2.75, 3.05) is 6.61 Å². The Morgan fingerprint density at radius 2 is 2.30 bits per heavy atom. The van der Waals surface area contributed by atoms with Crippen LogP contribution in [0.2, 0.25) is 0 Å². The minimum atomic E-state index is -4.84. The van der Waals surface area contributed by atoms with Crippen LogP contribution in [0, 0.1) is 3.57 Å². The highest BCUT2D eigenvalue weighted by Crippen LogP contribution is 2.33. The zero-order valence-electron chi connectivity index (χ0n) is 12.4. The first-order valence-electron chi connectivity index (χ1n) is 7.01. The van der Waals surface area contributed by atoms with Crippen molar-refractivity contribution in [2.45, 2.75) is 38.0 Å². The third kappa shape index (κ3) is 4.23. The number of carbonyl (C=O) groups is 1. The molecule has 0 amide bonds. The van der Waals surface area contributed by atoms with Crippen molar-refractivity contribution in [1.82, 2.24) is 10.3 Å². The highest BCUT2D eigenvalue weighted by molar-refractivity contribution is 14.1. The highest BCUT2D eigenvalue weighted by Gasteiger charge is 2.44. The predicted octanol–water partition coefficient (Wildman–Crippen LogP) is 3.35. The number of hydrogen-bond acceptors (Lipinski definition) is 4. The number of aromatic nitrogens is 1. The summed E-state index contributed by atoms with van der Waals surface area (Å²) >= 11 is 2.07. The average molecular weight is 440 g/mol. The summed E-state index contributed by atoms with van der Waals surface area (Å²) in [5, 5.41) is 2.67. The van der Waals surface area contributed by atoms with E-state index < -0.39 is 18.0 Å². The predicted molar refractivity (Wildman–Crippen MR) is 87.4 cm³/mol.